The first-order valence-electron chi connectivity index (χ1n) is 4.96. The molecule has 0 aromatic heterocycles. The van der Waals surface area contributed by atoms with E-state index in [2.05, 4.69) is 20.8 Å². The molecular weight excluding hydrogens is 259 g/mol. The van der Waals surface area contributed by atoms with Crippen molar-refractivity contribution in [1.82, 2.24) is 4.90 Å². The van der Waals surface area contributed by atoms with Crippen molar-refractivity contribution >= 4 is 15.9 Å². The number of benzene rings is 1. The normalized spacial score (nSPS) is 11.0. The van der Waals surface area contributed by atoms with Gasteiger partial charge in [-0.15, -0.1) is 0 Å². The molecule has 0 amide bonds. The molecule has 2 N–H and O–H groups in total. The van der Waals surface area contributed by atoms with Gasteiger partial charge in [-0.25, -0.2) is 4.39 Å². The summed E-state index contributed by atoms with van der Waals surface area (Å²) in [4.78, 5) is 2.13. The molecule has 1 rings (SSSR count). The average molecular weight is 275 g/mol. The van der Waals surface area contributed by atoms with Crippen LogP contribution in [0.1, 0.15) is 12.0 Å². The Bertz CT molecular complexity index is 317. The quantitative estimate of drug-likeness (QED) is 0.894. The van der Waals surface area contributed by atoms with Gasteiger partial charge in [0.2, 0.25) is 0 Å². The van der Waals surface area contributed by atoms with Gasteiger partial charge in [-0.05, 0) is 50.3 Å². The third-order valence-corrected chi connectivity index (χ3v) is 2.97. The van der Waals surface area contributed by atoms with Crippen LogP contribution in [0.3, 0.4) is 0 Å². The van der Waals surface area contributed by atoms with Gasteiger partial charge in [-0.3, -0.25) is 0 Å². The second kappa shape index (κ2) is 6.20. The predicted octanol–water partition coefficient (Wildman–Crippen LogP) is 2.37. The van der Waals surface area contributed by atoms with Gasteiger partial charge >= 0.3 is 0 Å². The molecule has 0 heterocycles. The molecule has 0 saturated heterocycles. The van der Waals surface area contributed by atoms with Crippen LogP contribution in [-0.2, 0) is 6.54 Å². The second-order valence-electron chi connectivity index (χ2n) is 3.62. The van der Waals surface area contributed by atoms with Gasteiger partial charge in [0.25, 0.3) is 0 Å². The first-order valence-corrected chi connectivity index (χ1v) is 5.75. The van der Waals surface area contributed by atoms with E-state index in [1.807, 2.05) is 7.05 Å². The summed E-state index contributed by atoms with van der Waals surface area (Å²) in [6, 6.07) is 4.75. The van der Waals surface area contributed by atoms with E-state index in [0.29, 0.717) is 6.54 Å². The van der Waals surface area contributed by atoms with Gasteiger partial charge in [0.1, 0.15) is 5.82 Å². The maximum Gasteiger partial charge on any atom is 0.123 e. The largest absolute Gasteiger partial charge is 0.330 e. The molecule has 0 bridgehead atoms. The summed E-state index contributed by atoms with van der Waals surface area (Å²) in [5.74, 6) is -0.194. The van der Waals surface area contributed by atoms with Crippen molar-refractivity contribution in [2.45, 2.75) is 13.0 Å². The van der Waals surface area contributed by atoms with Crippen molar-refractivity contribution in [2.75, 3.05) is 20.1 Å². The van der Waals surface area contributed by atoms with Crippen molar-refractivity contribution < 1.29 is 4.39 Å². The Kier molecular flexibility index (Phi) is 5.22. The van der Waals surface area contributed by atoms with E-state index in [1.165, 1.54) is 6.07 Å². The Morgan fingerprint density at radius 1 is 1.47 bits per heavy atom. The van der Waals surface area contributed by atoms with E-state index in [9.17, 15) is 4.39 Å². The summed E-state index contributed by atoms with van der Waals surface area (Å²) in [7, 11) is 2.01. The fourth-order valence-electron chi connectivity index (χ4n) is 1.40. The van der Waals surface area contributed by atoms with Crippen LogP contribution in [0.2, 0.25) is 0 Å². The Morgan fingerprint density at radius 3 is 2.87 bits per heavy atom. The minimum atomic E-state index is -0.194. The van der Waals surface area contributed by atoms with Crippen LogP contribution in [0.5, 0.6) is 0 Å². The molecule has 4 heteroatoms. The Balaban J connectivity index is 2.59. The molecule has 0 aliphatic carbocycles. The van der Waals surface area contributed by atoms with Crippen LogP contribution in [0.25, 0.3) is 0 Å². The summed E-state index contributed by atoms with van der Waals surface area (Å²) in [5.41, 5.74) is 6.40. The maximum absolute atomic E-state index is 13.0. The van der Waals surface area contributed by atoms with Gasteiger partial charge in [0, 0.05) is 11.0 Å². The van der Waals surface area contributed by atoms with E-state index in [1.54, 1.807) is 12.1 Å². The topological polar surface area (TPSA) is 29.3 Å². The third kappa shape index (κ3) is 4.28. The summed E-state index contributed by atoms with van der Waals surface area (Å²) in [6.45, 7) is 2.35. The molecule has 0 radical (unpaired) electrons. The zero-order chi connectivity index (χ0) is 11.3. The molecule has 0 unspecified atom stereocenters. The molecule has 0 saturated carbocycles. The molecule has 0 fully saturated rings. The van der Waals surface area contributed by atoms with E-state index >= 15 is 0 Å². The van der Waals surface area contributed by atoms with Crippen molar-refractivity contribution in [3.05, 3.63) is 34.1 Å². The average Bonchev–Trinajstić information content (AvgIpc) is 2.20. The van der Waals surface area contributed by atoms with Crippen molar-refractivity contribution in [3.63, 3.8) is 0 Å². The van der Waals surface area contributed by atoms with Gasteiger partial charge in [0.15, 0.2) is 0 Å². The van der Waals surface area contributed by atoms with Crippen molar-refractivity contribution in [1.29, 1.82) is 0 Å². The number of rotatable bonds is 5. The fourth-order valence-corrected chi connectivity index (χ4v) is 1.77. The van der Waals surface area contributed by atoms with E-state index in [0.717, 1.165) is 29.5 Å². The minimum Gasteiger partial charge on any atom is -0.330 e. The molecule has 0 aliphatic heterocycles. The fraction of sp³-hybridized carbons (Fsp3) is 0.455. The van der Waals surface area contributed by atoms with E-state index in [-0.39, 0.29) is 5.82 Å². The molecule has 84 valence electrons. The third-order valence-electron chi connectivity index (χ3n) is 2.19. The van der Waals surface area contributed by atoms with Crippen LogP contribution in [0.15, 0.2) is 22.7 Å². The van der Waals surface area contributed by atoms with Crippen LogP contribution in [0.4, 0.5) is 4.39 Å². The minimum absolute atomic E-state index is 0.194. The predicted molar refractivity (Wildman–Crippen MR) is 64.1 cm³/mol. The summed E-state index contributed by atoms with van der Waals surface area (Å²) >= 11 is 3.41. The lowest BCUT2D eigenvalue weighted by Crippen LogP contribution is -2.21. The highest BCUT2D eigenvalue weighted by atomic mass is 79.9. The van der Waals surface area contributed by atoms with Gasteiger partial charge in [-0.1, -0.05) is 15.9 Å². The standard InChI is InChI=1S/C11H16BrFN2/c1-15(6-2-5-14)8-9-7-10(13)3-4-11(9)12/h3-4,7H,2,5-6,8,14H2,1H3. The number of hydrogen-bond donors (Lipinski definition) is 1. The smallest absolute Gasteiger partial charge is 0.123 e. The number of halogens is 2. The van der Waals surface area contributed by atoms with Crippen LogP contribution >= 0.6 is 15.9 Å². The zero-order valence-corrected chi connectivity index (χ0v) is 10.4. The van der Waals surface area contributed by atoms with Gasteiger partial charge in [-0.2, -0.15) is 0 Å². The van der Waals surface area contributed by atoms with Crippen molar-refractivity contribution in [3.8, 4) is 0 Å². The summed E-state index contributed by atoms with van der Waals surface area (Å²) in [6.07, 6.45) is 0.962. The number of nitrogens with zero attached hydrogens (tertiary/aromatic N) is 1. The molecule has 1 aromatic carbocycles. The zero-order valence-electron chi connectivity index (χ0n) is 8.84. The van der Waals surface area contributed by atoms with E-state index < -0.39 is 0 Å². The first-order chi connectivity index (χ1) is 7.13. The molecule has 1 aromatic rings. The maximum atomic E-state index is 13.0. The molecule has 2 nitrogen and oxygen atoms in total. The Labute approximate surface area is 98.4 Å². The van der Waals surface area contributed by atoms with Gasteiger partial charge < -0.3 is 10.6 Å². The summed E-state index contributed by atoms with van der Waals surface area (Å²) in [5, 5.41) is 0. The van der Waals surface area contributed by atoms with Crippen LogP contribution < -0.4 is 5.73 Å². The van der Waals surface area contributed by atoms with Crippen molar-refractivity contribution in [2.24, 2.45) is 5.73 Å². The second-order valence-corrected chi connectivity index (χ2v) is 4.47. The molecule has 0 aliphatic rings. The Hall–Kier alpha value is -0.450. The monoisotopic (exact) mass is 274 g/mol. The van der Waals surface area contributed by atoms with Crippen LogP contribution in [-0.4, -0.2) is 25.0 Å². The van der Waals surface area contributed by atoms with Crippen LogP contribution in [0, 0.1) is 5.82 Å². The van der Waals surface area contributed by atoms with Gasteiger partial charge in [0.05, 0.1) is 0 Å². The lowest BCUT2D eigenvalue weighted by atomic mass is 10.2. The highest BCUT2D eigenvalue weighted by Gasteiger charge is 2.05. The lowest BCUT2D eigenvalue weighted by Gasteiger charge is -2.17. The lowest BCUT2D eigenvalue weighted by molar-refractivity contribution is 0.323. The number of hydrogen-bond acceptors (Lipinski definition) is 2. The SMILES string of the molecule is CN(CCCN)Cc1cc(F)ccc1Br. The molecule has 0 atom stereocenters. The van der Waals surface area contributed by atoms with E-state index in [4.69, 9.17) is 5.73 Å². The molecule has 15 heavy (non-hydrogen) atoms. The number of nitrogens with two attached hydrogens (primary N) is 1. The molecule has 0 spiro atoms. The highest BCUT2D eigenvalue weighted by Crippen LogP contribution is 2.19. The summed E-state index contributed by atoms with van der Waals surface area (Å²) < 4.78 is 13.9. The Morgan fingerprint density at radius 2 is 2.20 bits per heavy atom. The highest BCUT2D eigenvalue weighted by molar-refractivity contribution is 9.10. The first kappa shape index (κ1) is 12.6. The molecular formula is C11H16BrFN2.